The summed E-state index contributed by atoms with van der Waals surface area (Å²) in [6, 6.07) is 0. The number of aromatic amines is 1. The Morgan fingerprint density at radius 2 is 2.47 bits per heavy atom. The van der Waals surface area contributed by atoms with E-state index in [2.05, 4.69) is 31.4 Å². The number of esters is 1. The lowest BCUT2D eigenvalue weighted by atomic mass is 10.4. The zero-order valence-electron chi connectivity index (χ0n) is 8.04. The molecule has 0 aliphatic heterocycles. The number of hydrogen-bond acceptors (Lipinski definition) is 5. The van der Waals surface area contributed by atoms with Crippen LogP contribution in [0.1, 0.15) is 6.92 Å². The van der Waals surface area contributed by atoms with Crippen LogP contribution in [-0.2, 0) is 9.53 Å². The quantitative estimate of drug-likeness (QED) is 0.783. The fourth-order valence-electron chi connectivity index (χ4n) is 0.886. The topological polar surface area (TPSA) is 84.1 Å². The average Bonchev–Trinajstić information content (AvgIpc) is 2.21. The van der Waals surface area contributed by atoms with E-state index in [1.54, 1.807) is 6.92 Å². The molecule has 6 nitrogen and oxygen atoms in total. The van der Waals surface area contributed by atoms with Gasteiger partial charge in [-0.1, -0.05) is 0 Å². The van der Waals surface area contributed by atoms with Gasteiger partial charge in [-0.2, -0.15) is 5.10 Å². The summed E-state index contributed by atoms with van der Waals surface area (Å²) in [5, 5.41) is 8.57. The van der Waals surface area contributed by atoms with Gasteiger partial charge >= 0.3 is 5.97 Å². The number of anilines is 1. The van der Waals surface area contributed by atoms with E-state index in [0.717, 1.165) is 0 Å². The highest BCUT2D eigenvalue weighted by Crippen LogP contribution is 2.14. The molecule has 0 aromatic carbocycles. The van der Waals surface area contributed by atoms with Crippen LogP contribution >= 0.6 is 15.9 Å². The Morgan fingerprint density at radius 1 is 1.73 bits per heavy atom. The maximum atomic E-state index is 11.1. The lowest BCUT2D eigenvalue weighted by Gasteiger charge is -2.06. The van der Waals surface area contributed by atoms with E-state index in [1.807, 2.05) is 0 Å². The van der Waals surface area contributed by atoms with Crippen molar-refractivity contribution < 1.29 is 9.53 Å². The van der Waals surface area contributed by atoms with Crippen LogP contribution in [0.15, 0.2) is 15.5 Å². The van der Waals surface area contributed by atoms with Crippen molar-refractivity contribution in [3.05, 3.63) is 21.0 Å². The second kappa shape index (κ2) is 5.50. The van der Waals surface area contributed by atoms with Crippen molar-refractivity contribution >= 4 is 27.6 Å². The van der Waals surface area contributed by atoms with Crippen LogP contribution in [0.4, 0.5) is 5.69 Å². The standard InChI is InChI=1S/C8H10BrN3O3/c1-2-15-6(13)4-10-5-3-11-12-8(14)7(5)9/h3H,2,4H2,1H3,(H2,10,12,14). The molecule has 0 fully saturated rings. The molecule has 82 valence electrons. The first-order valence-electron chi connectivity index (χ1n) is 4.27. The van der Waals surface area contributed by atoms with Gasteiger partial charge in [-0.3, -0.25) is 9.59 Å². The lowest BCUT2D eigenvalue weighted by molar-refractivity contribution is -0.140. The van der Waals surface area contributed by atoms with Crippen LogP contribution in [-0.4, -0.2) is 29.3 Å². The number of H-pyrrole nitrogens is 1. The third-order valence-electron chi connectivity index (χ3n) is 1.52. The van der Waals surface area contributed by atoms with Crippen molar-refractivity contribution in [2.45, 2.75) is 6.92 Å². The molecule has 0 atom stereocenters. The van der Waals surface area contributed by atoms with E-state index in [-0.39, 0.29) is 18.1 Å². The molecule has 7 heteroatoms. The van der Waals surface area contributed by atoms with E-state index in [4.69, 9.17) is 4.74 Å². The van der Waals surface area contributed by atoms with Crippen molar-refractivity contribution in [3.63, 3.8) is 0 Å². The van der Waals surface area contributed by atoms with Gasteiger partial charge in [0.05, 0.1) is 18.5 Å². The number of aromatic nitrogens is 2. The van der Waals surface area contributed by atoms with Gasteiger partial charge in [0.1, 0.15) is 11.0 Å². The number of ether oxygens (including phenoxy) is 1. The van der Waals surface area contributed by atoms with Gasteiger partial charge in [0.15, 0.2) is 0 Å². The van der Waals surface area contributed by atoms with Crippen LogP contribution < -0.4 is 10.9 Å². The summed E-state index contributed by atoms with van der Waals surface area (Å²) in [7, 11) is 0. The zero-order valence-corrected chi connectivity index (χ0v) is 9.63. The van der Waals surface area contributed by atoms with Crippen LogP contribution in [0.2, 0.25) is 0 Å². The molecular formula is C8H10BrN3O3. The molecule has 2 N–H and O–H groups in total. The third kappa shape index (κ3) is 3.35. The molecule has 0 radical (unpaired) electrons. The number of nitrogens with zero attached hydrogens (tertiary/aromatic N) is 1. The van der Waals surface area contributed by atoms with E-state index in [0.29, 0.717) is 16.8 Å². The van der Waals surface area contributed by atoms with Gasteiger partial charge in [-0.25, -0.2) is 5.10 Å². The van der Waals surface area contributed by atoms with Gasteiger partial charge in [0, 0.05) is 0 Å². The Kier molecular flexibility index (Phi) is 4.29. The maximum Gasteiger partial charge on any atom is 0.325 e. The van der Waals surface area contributed by atoms with E-state index in [1.165, 1.54) is 6.20 Å². The van der Waals surface area contributed by atoms with Crippen LogP contribution in [0.3, 0.4) is 0 Å². The number of hydrogen-bond donors (Lipinski definition) is 2. The Hall–Kier alpha value is -1.37. The smallest absolute Gasteiger partial charge is 0.325 e. The first-order valence-corrected chi connectivity index (χ1v) is 5.07. The number of carbonyl (C=O) groups is 1. The van der Waals surface area contributed by atoms with Crippen molar-refractivity contribution in [1.29, 1.82) is 0 Å². The van der Waals surface area contributed by atoms with E-state index in [9.17, 15) is 9.59 Å². The highest BCUT2D eigenvalue weighted by atomic mass is 79.9. The number of nitrogens with one attached hydrogen (secondary N) is 2. The molecule has 0 aliphatic carbocycles. The largest absolute Gasteiger partial charge is 0.465 e. The normalized spacial score (nSPS) is 9.73. The first kappa shape index (κ1) is 11.7. The van der Waals surface area contributed by atoms with Gasteiger partial charge in [0.25, 0.3) is 5.56 Å². The fraction of sp³-hybridized carbons (Fsp3) is 0.375. The number of carbonyl (C=O) groups excluding carboxylic acids is 1. The molecule has 0 spiro atoms. The zero-order chi connectivity index (χ0) is 11.3. The van der Waals surface area contributed by atoms with Crippen LogP contribution in [0, 0.1) is 0 Å². The highest BCUT2D eigenvalue weighted by Gasteiger charge is 2.06. The molecule has 0 saturated carbocycles. The Balaban J connectivity index is 2.62. The Bertz CT molecular complexity index is 404. The highest BCUT2D eigenvalue weighted by molar-refractivity contribution is 9.10. The minimum absolute atomic E-state index is 0.00241. The summed E-state index contributed by atoms with van der Waals surface area (Å²) >= 11 is 3.07. The minimum Gasteiger partial charge on any atom is -0.465 e. The van der Waals surface area contributed by atoms with Crippen LogP contribution in [0.5, 0.6) is 0 Å². The average molecular weight is 276 g/mol. The first-order chi connectivity index (χ1) is 7.15. The molecular weight excluding hydrogens is 266 g/mol. The minimum atomic E-state index is -0.385. The maximum absolute atomic E-state index is 11.1. The van der Waals surface area contributed by atoms with E-state index < -0.39 is 0 Å². The molecule has 0 unspecified atom stereocenters. The van der Waals surface area contributed by atoms with Gasteiger partial charge in [0.2, 0.25) is 0 Å². The summed E-state index contributed by atoms with van der Waals surface area (Å²) in [5.41, 5.74) is 0.0932. The molecule has 0 amide bonds. The van der Waals surface area contributed by atoms with Gasteiger partial charge in [-0.15, -0.1) is 0 Å². The summed E-state index contributed by atoms with van der Waals surface area (Å²) < 4.78 is 5.02. The second-order valence-electron chi connectivity index (χ2n) is 2.59. The molecule has 1 heterocycles. The van der Waals surface area contributed by atoms with Crippen molar-refractivity contribution in [3.8, 4) is 0 Å². The molecule has 1 aromatic heterocycles. The summed E-state index contributed by atoms with van der Waals surface area (Å²) in [6.07, 6.45) is 1.41. The van der Waals surface area contributed by atoms with E-state index >= 15 is 0 Å². The fourth-order valence-corrected chi connectivity index (χ4v) is 1.22. The molecule has 1 aromatic rings. The molecule has 0 saturated heterocycles. The molecule has 1 rings (SSSR count). The molecule has 15 heavy (non-hydrogen) atoms. The van der Waals surface area contributed by atoms with Crippen molar-refractivity contribution in [2.24, 2.45) is 0 Å². The predicted octanol–water partition coefficient (Wildman–Crippen LogP) is 0.507. The molecule has 0 aliphatic rings. The summed E-state index contributed by atoms with van der Waals surface area (Å²) in [6.45, 7) is 2.05. The summed E-state index contributed by atoms with van der Waals surface area (Å²) in [4.78, 5) is 22.1. The Morgan fingerprint density at radius 3 is 3.13 bits per heavy atom. The van der Waals surface area contributed by atoms with Crippen molar-refractivity contribution in [2.75, 3.05) is 18.5 Å². The third-order valence-corrected chi connectivity index (χ3v) is 2.31. The Labute approximate surface area is 94.2 Å². The lowest BCUT2D eigenvalue weighted by Crippen LogP contribution is -2.19. The summed E-state index contributed by atoms with van der Waals surface area (Å²) in [5.74, 6) is -0.385. The van der Waals surface area contributed by atoms with Gasteiger partial charge in [-0.05, 0) is 22.9 Å². The second-order valence-corrected chi connectivity index (χ2v) is 3.38. The molecule has 0 bridgehead atoms. The van der Waals surface area contributed by atoms with Crippen molar-refractivity contribution in [1.82, 2.24) is 10.2 Å². The van der Waals surface area contributed by atoms with Gasteiger partial charge < -0.3 is 10.1 Å². The number of halogens is 1. The predicted molar refractivity (Wildman–Crippen MR) is 57.7 cm³/mol. The SMILES string of the molecule is CCOC(=O)CNc1cn[nH]c(=O)c1Br. The van der Waals surface area contributed by atoms with Crippen LogP contribution in [0.25, 0.3) is 0 Å². The monoisotopic (exact) mass is 275 g/mol. The number of rotatable bonds is 4.